The third-order valence-electron chi connectivity index (χ3n) is 2.29. The molecule has 0 fully saturated rings. The van der Waals surface area contributed by atoms with Crippen LogP contribution in [0.4, 0.5) is 18.9 Å². The lowest BCUT2D eigenvalue weighted by molar-refractivity contribution is -0.0327. The zero-order valence-corrected chi connectivity index (χ0v) is 11.8. The molecule has 0 atom stereocenters. The Labute approximate surface area is 114 Å². The summed E-state index contributed by atoms with van der Waals surface area (Å²) in [6.45, 7) is 1.56. The lowest BCUT2D eigenvalue weighted by Crippen LogP contribution is -2.13. The molecule has 1 aromatic rings. The SMILES string of the molecule is CCS(=O)(=O)c1ccccc1NCCSC(F)(F)F. The number of thioether (sulfide) groups is 1. The molecule has 0 aromatic heterocycles. The molecule has 3 nitrogen and oxygen atoms in total. The number of anilines is 1. The predicted octanol–water partition coefficient (Wildman–Crippen LogP) is 3.15. The van der Waals surface area contributed by atoms with Crippen molar-refractivity contribution in [3.63, 3.8) is 0 Å². The van der Waals surface area contributed by atoms with Crippen molar-refractivity contribution in [1.82, 2.24) is 0 Å². The molecule has 0 aliphatic carbocycles. The molecule has 1 aromatic carbocycles. The summed E-state index contributed by atoms with van der Waals surface area (Å²) in [6, 6.07) is 6.20. The van der Waals surface area contributed by atoms with Crippen LogP contribution in [-0.2, 0) is 9.84 Å². The van der Waals surface area contributed by atoms with E-state index in [4.69, 9.17) is 0 Å². The van der Waals surface area contributed by atoms with Gasteiger partial charge in [-0.05, 0) is 23.9 Å². The number of para-hydroxylation sites is 1. The molecule has 1 N–H and O–H groups in total. The highest BCUT2D eigenvalue weighted by molar-refractivity contribution is 8.00. The standard InChI is InChI=1S/C11H14F3NO2S2/c1-2-19(16,17)10-6-4-3-5-9(10)15-7-8-18-11(12,13)14/h3-6,15H,2,7-8H2,1H3. The Kier molecular flexibility index (Phi) is 5.54. The number of hydrogen-bond acceptors (Lipinski definition) is 4. The minimum atomic E-state index is -4.27. The van der Waals surface area contributed by atoms with Crippen molar-refractivity contribution in [2.24, 2.45) is 0 Å². The molecular weight excluding hydrogens is 299 g/mol. The van der Waals surface area contributed by atoms with Gasteiger partial charge in [-0.1, -0.05) is 19.1 Å². The van der Waals surface area contributed by atoms with Crippen molar-refractivity contribution in [1.29, 1.82) is 0 Å². The summed E-state index contributed by atoms with van der Waals surface area (Å²) in [5, 5.41) is 2.73. The lowest BCUT2D eigenvalue weighted by Gasteiger charge is -2.12. The molecule has 1 rings (SSSR count). The van der Waals surface area contributed by atoms with Crippen LogP contribution < -0.4 is 5.32 Å². The van der Waals surface area contributed by atoms with E-state index in [2.05, 4.69) is 5.32 Å². The van der Waals surface area contributed by atoms with Crippen molar-refractivity contribution < 1.29 is 21.6 Å². The summed E-state index contributed by atoms with van der Waals surface area (Å²) in [6.07, 6.45) is 0. The topological polar surface area (TPSA) is 46.2 Å². The third-order valence-corrected chi connectivity index (χ3v) is 4.81. The molecule has 8 heteroatoms. The van der Waals surface area contributed by atoms with Gasteiger partial charge < -0.3 is 5.32 Å². The van der Waals surface area contributed by atoms with Crippen LogP contribution in [0.15, 0.2) is 29.2 Å². The first kappa shape index (κ1) is 16.2. The fraction of sp³-hybridized carbons (Fsp3) is 0.455. The highest BCUT2D eigenvalue weighted by Gasteiger charge is 2.27. The Morgan fingerprint density at radius 2 is 1.89 bits per heavy atom. The normalized spacial score (nSPS) is 12.4. The number of hydrogen-bond donors (Lipinski definition) is 1. The highest BCUT2D eigenvalue weighted by atomic mass is 32.2. The van der Waals surface area contributed by atoms with E-state index in [0.29, 0.717) is 5.69 Å². The monoisotopic (exact) mass is 313 g/mol. The van der Waals surface area contributed by atoms with Crippen LogP contribution in [-0.4, -0.2) is 32.0 Å². The van der Waals surface area contributed by atoms with E-state index in [1.54, 1.807) is 18.2 Å². The van der Waals surface area contributed by atoms with Gasteiger partial charge in [0.2, 0.25) is 0 Å². The lowest BCUT2D eigenvalue weighted by atomic mass is 10.3. The summed E-state index contributed by atoms with van der Waals surface area (Å²) in [5.74, 6) is -0.229. The van der Waals surface area contributed by atoms with E-state index in [1.807, 2.05) is 0 Å². The van der Waals surface area contributed by atoms with Gasteiger partial charge in [0.1, 0.15) is 0 Å². The summed E-state index contributed by atoms with van der Waals surface area (Å²) < 4.78 is 59.4. The molecule has 0 aliphatic heterocycles. The number of halogens is 3. The van der Waals surface area contributed by atoms with Crippen LogP contribution in [0.2, 0.25) is 0 Å². The molecule has 0 spiro atoms. The van der Waals surface area contributed by atoms with Gasteiger partial charge in [-0.25, -0.2) is 8.42 Å². The first-order chi connectivity index (χ1) is 8.76. The Morgan fingerprint density at radius 1 is 1.26 bits per heavy atom. The first-order valence-electron chi connectivity index (χ1n) is 5.52. The molecule has 0 aliphatic rings. The molecule has 0 heterocycles. The average molecular weight is 313 g/mol. The second kappa shape index (κ2) is 6.51. The van der Waals surface area contributed by atoms with Crippen molar-refractivity contribution in [3.05, 3.63) is 24.3 Å². The molecule has 0 radical (unpaired) electrons. The Morgan fingerprint density at radius 3 is 2.47 bits per heavy atom. The fourth-order valence-corrected chi connectivity index (χ4v) is 2.90. The van der Waals surface area contributed by atoms with Crippen molar-refractivity contribution >= 4 is 27.3 Å². The molecular formula is C11H14F3NO2S2. The van der Waals surface area contributed by atoms with E-state index in [0.717, 1.165) is 0 Å². The van der Waals surface area contributed by atoms with Gasteiger partial charge in [-0.3, -0.25) is 0 Å². The molecule has 108 valence electrons. The maximum atomic E-state index is 11.9. The molecule has 0 unspecified atom stereocenters. The van der Waals surface area contributed by atoms with Crippen molar-refractivity contribution in [3.8, 4) is 0 Å². The van der Waals surface area contributed by atoms with E-state index < -0.39 is 15.3 Å². The number of alkyl halides is 3. The summed E-state index contributed by atoms with van der Waals surface area (Å²) >= 11 is -0.140. The summed E-state index contributed by atoms with van der Waals surface area (Å²) in [4.78, 5) is 0.120. The number of rotatable bonds is 6. The Bertz CT molecular complexity index is 515. The van der Waals surface area contributed by atoms with E-state index >= 15 is 0 Å². The smallest absolute Gasteiger partial charge is 0.383 e. The minimum Gasteiger partial charge on any atom is -0.383 e. The van der Waals surface area contributed by atoms with Crippen LogP contribution in [0.5, 0.6) is 0 Å². The van der Waals surface area contributed by atoms with Gasteiger partial charge in [0, 0.05) is 12.3 Å². The van der Waals surface area contributed by atoms with Gasteiger partial charge in [-0.2, -0.15) is 13.2 Å². The molecule has 0 bridgehead atoms. The van der Waals surface area contributed by atoms with Crippen LogP contribution in [0.1, 0.15) is 6.92 Å². The van der Waals surface area contributed by atoms with Crippen LogP contribution in [0.3, 0.4) is 0 Å². The molecule has 0 saturated heterocycles. The average Bonchev–Trinajstić information content (AvgIpc) is 2.34. The number of sulfone groups is 1. The largest absolute Gasteiger partial charge is 0.441 e. The van der Waals surface area contributed by atoms with E-state index in [9.17, 15) is 21.6 Å². The van der Waals surface area contributed by atoms with Gasteiger partial charge in [0.05, 0.1) is 16.3 Å². The zero-order valence-electron chi connectivity index (χ0n) is 10.2. The second-order valence-electron chi connectivity index (χ2n) is 3.62. The Balaban J connectivity index is 2.70. The van der Waals surface area contributed by atoms with E-state index in [-0.39, 0.29) is 34.7 Å². The van der Waals surface area contributed by atoms with Gasteiger partial charge >= 0.3 is 5.51 Å². The number of nitrogens with one attached hydrogen (secondary N) is 1. The van der Waals surface area contributed by atoms with Crippen LogP contribution in [0.25, 0.3) is 0 Å². The van der Waals surface area contributed by atoms with Gasteiger partial charge in [0.15, 0.2) is 9.84 Å². The first-order valence-corrected chi connectivity index (χ1v) is 8.16. The highest BCUT2D eigenvalue weighted by Crippen LogP contribution is 2.30. The van der Waals surface area contributed by atoms with E-state index in [1.165, 1.54) is 13.0 Å². The molecule has 19 heavy (non-hydrogen) atoms. The number of benzene rings is 1. The van der Waals surface area contributed by atoms with Gasteiger partial charge in [-0.15, -0.1) is 0 Å². The van der Waals surface area contributed by atoms with Crippen molar-refractivity contribution in [2.75, 3.05) is 23.4 Å². The minimum absolute atomic E-state index is 0.0421. The summed E-state index contributed by atoms with van der Waals surface area (Å²) in [7, 11) is -3.39. The second-order valence-corrected chi connectivity index (χ2v) is 7.03. The van der Waals surface area contributed by atoms with Crippen LogP contribution >= 0.6 is 11.8 Å². The maximum absolute atomic E-state index is 11.9. The quantitative estimate of drug-likeness (QED) is 0.820. The van der Waals surface area contributed by atoms with Gasteiger partial charge in [0.25, 0.3) is 0 Å². The molecule has 0 saturated carbocycles. The predicted molar refractivity (Wildman–Crippen MR) is 71.2 cm³/mol. The maximum Gasteiger partial charge on any atom is 0.441 e. The molecule has 0 amide bonds. The third kappa shape index (κ3) is 5.32. The fourth-order valence-electron chi connectivity index (χ4n) is 1.39. The Hall–Kier alpha value is -0.890. The van der Waals surface area contributed by atoms with Crippen molar-refractivity contribution in [2.45, 2.75) is 17.3 Å². The summed E-state index contributed by atoms with van der Waals surface area (Å²) in [5.41, 5.74) is -3.93. The van der Waals surface area contributed by atoms with Crippen LogP contribution in [0, 0.1) is 0 Å². The zero-order chi connectivity index (χ0) is 14.5.